The molecule has 4 rings (SSSR count). The number of nitrogens with zero attached hydrogens (tertiary/aromatic N) is 3. The number of likely N-dealkylation sites (N-methyl/N-ethyl adjacent to an activating group) is 2. The van der Waals surface area contributed by atoms with Gasteiger partial charge in [0.2, 0.25) is 11.8 Å². The van der Waals surface area contributed by atoms with Crippen LogP contribution in [0.4, 0.5) is 11.4 Å². The fraction of sp³-hybridized carbons (Fsp3) is 0.407. The molecule has 2 aliphatic rings. The van der Waals surface area contributed by atoms with Crippen molar-refractivity contribution in [2.24, 2.45) is 0 Å². The van der Waals surface area contributed by atoms with Crippen molar-refractivity contribution in [1.29, 1.82) is 0 Å². The summed E-state index contributed by atoms with van der Waals surface area (Å²) in [5.74, 6) is -0.111. The zero-order chi connectivity index (χ0) is 26.5. The SMILES string of the molecule is CC(=O)c1ccc2c(c1)N(C)C(=O)C2(C)C.CON(C)C(=O)c1ccc2c(c1)N(C)C(=O)C2(C)C. The molecular weight excluding hydrogens is 446 g/mol. The molecule has 35 heavy (non-hydrogen) atoms. The maximum absolute atomic E-state index is 12.2. The number of hydrogen-bond donors (Lipinski definition) is 0. The predicted octanol–water partition coefficient (Wildman–Crippen LogP) is 3.72. The van der Waals surface area contributed by atoms with E-state index in [0.29, 0.717) is 11.1 Å². The number of carbonyl (C=O) groups excluding carboxylic acids is 4. The first-order valence-corrected chi connectivity index (χ1v) is 11.3. The number of benzene rings is 2. The largest absolute Gasteiger partial charge is 0.314 e. The Morgan fingerprint density at radius 2 is 1.20 bits per heavy atom. The summed E-state index contributed by atoms with van der Waals surface area (Å²) in [6.07, 6.45) is 0. The highest BCUT2D eigenvalue weighted by Gasteiger charge is 2.43. The van der Waals surface area contributed by atoms with Crippen molar-refractivity contribution in [3.8, 4) is 0 Å². The molecule has 0 saturated heterocycles. The lowest BCUT2D eigenvalue weighted by Crippen LogP contribution is -2.33. The minimum absolute atomic E-state index is 0.0216. The third kappa shape index (κ3) is 4.23. The smallest absolute Gasteiger partial charge is 0.277 e. The summed E-state index contributed by atoms with van der Waals surface area (Å²) in [6.45, 7) is 9.13. The Morgan fingerprint density at radius 1 is 0.800 bits per heavy atom. The lowest BCUT2D eigenvalue weighted by molar-refractivity contribution is -0.122. The summed E-state index contributed by atoms with van der Waals surface area (Å²) >= 11 is 0. The molecule has 8 heteroatoms. The molecule has 2 aromatic rings. The van der Waals surface area contributed by atoms with Crippen LogP contribution in [-0.4, -0.2) is 56.8 Å². The van der Waals surface area contributed by atoms with Gasteiger partial charge in [-0.25, -0.2) is 5.06 Å². The van der Waals surface area contributed by atoms with E-state index in [-0.39, 0.29) is 23.5 Å². The molecule has 0 unspecified atom stereocenters. The average molecular weight is 480 g/mol. The van der Waals surface area contributed by atoms with Gasteiger partial charge in [-0.1, -0.05) is 18.2 Å². The van der Waals surface area contributed by atoms with Crippen molar-refractivity contribution in [1.82, 2.24) is 5.06 Å². The van der Waals surface area contributed by atoms with Crippen LogP contribution in [0.1, 0.15) is 66.5 Å². The Kier molecular flexibility index (Phi) is 6.65. The van der Waals surface area contributed by atoms with Gasteiger partial charge in [0.05, 0.1) is 17.9 Å². The molecule has 186 valence electrons. The Bertz CT molecular complexity index is 1230. The second-order valence-electron chi connectivity index (χ2n) is 9.98. The Morgan fingerprint density at radius 3 is 1.60 bits per heavy atom. The fourth-order valence-electron chi connectivity index (χ4n) is 4.58. The third-order valence-electron chi connectivity index (χ3n) is 6.96. The molecule has 0 fully saturated rings. The van der Waals surface area contributed by atoms with Crippen molar-refractivity contribution < 1.29 is 24.0 Å². The fourth-order valence-corrected chi connectivity index (χ4v) is 4.58. The molecule has 0 atom stereocenters. The molecule has 0 spiro atoms. The molecule has 3 amide bonds. The molecular formula is C27H33N3O5. The summed E-state index contributed by atoms with van der Waals surface area (Å²) < 4.78 is 0. The number of amides is 3. The van der Waals surface area contributed by atoms with Crippen molar-refractivity contribution in [3.63, 3.8) is 0 Å². The van der Waals surface area contributed by atoms with Gasteiger partial charge in [-0.2, -0.15) is 0 Å². The average Bonchev–Trinajstić information content (AvgIpc) is 3.12. The van der Waals surface area contributed by atoms with Crippen LogP contribution in [0.15, 0.2) is 36.4 Å². The number of hydrogen-bond acceptors (Lipinski definition) is 5. The maximum atomic E-state index is 12.2. The summed E-state index contributed by atoms with van der Waals surface area (Å²) in [4.78, 5) is 55.6. The van der Waals surface area contributed by atoms with Crippen LogP contribution in [0, 0.1) is 0 Å². The molecule has 0 aliphatic carbocycles. The molecule has 0 bridgehead atoms. The van der Waals surface area contributed by atoms with Crippen LogP contribution in [-0.2, 0) is 25.3 Å². The van der Waals surface area contributed by atoms with Crippen LogP contribution in [0.5, 0.6) is 0 Å². The highest BCUT2D eigenvalue weighted by molar-refractivity contribution is 6.09. The highest BCUT2D eigenvalue weighted by atomic mass is 16.7. The second-order valence-corrected chi connectivity index (χ2v) is 9.98. The maximum Gasteiger partial charge on any atom is 0.277 e. The minimum atomic E-state index is -0.543. The molecule has 2 aliphatic heterocycles. The quantitative estimate of drug-likeness (QED) is 0.495. The molecule has 0 radical (unpaired) electrons. The zero-order valence-electron chi connectivity index (χ0n) is 21.8. The molecule has 2 heterocycles. The van der Waals surface area contributed by atoms with Gasteiger partial charge in [-0.3, -0.25) is 24.0 Å². The molecule has 0 N–H and O–H groups in total. The Hall–Kier alpha value is -3.52. The van der Waals surface area contributed by atoms with Crippen LogP contribution < -0.4 is 9.80 Å². The van der Waals surface area contributed by atoms with Gasteiger partial charge in [-0.05, 0) is 63.9 Å². The molecule has 2 aromatic carbocycles. The Balaban J connectivity index is 0.000000198. The van der Waals surface area contributed by atoms with E-state index in [2.05, 4.69) is 0 Å². The second kappa shape index (κ2) is 8.92. The van der Waals surface area contributed by atoms with Gasteiger partial charge in [0.1, 0.15) is 0 Å². The van der Waals surface area contributed by atoms with Crippen molar-refractivity contribution in [2.75, 3.05) is 38.1 Å². The number of fused-ring (bicyclic) bond motifs is 2. The monoisotopic (exact) mass is 479 g/mol. The van der Waals surface area contributed by atoms with Gasteiger partial charge >= 0.3 is 0 Å². The van der Waals surface area contributed by atoms with E-state index in [9.17, 15) is 19.2 Å². The summed E-state index contributed by atoms with van der Waals surface area (Å²) in [6, 6.07) is 10.8. The number of hydroxylamine groups is 2. The number of carbonyl (C=O) groups is 4. The van der Waals surface area contributed by atoms with E-state index in [1.54, 1.807) is 55.2 Å². The van der Waals surface area contributed by atoms with E-state index in [4.69, 9.17) is 4.84 Å². The van der Waals surface area contributed by atoms with E-state index in [1.807, 2.05) is 39.8 Å². The lowest BCUT2D eigenvalue weighted by atomic mass is 9.85. The van der Waals surface area contributed by atoms with Gasteiger partial charge in [0.25, 0.3) is 5.91 Å². The summed E-state index contributed by atoms with van der Waals surface area (Å²) in [7, 11) is 6.46. The Labute approximate surface area is 206 Å². The van der Waals surface area contributed by atoms with Crippen molar-refractivity contribution in [2.45, 2.75) is 45.4 Å². The molecule has 8 nitrogen and oxygen atoms in total. The zero-order valence-corrected chi connectivity index (χ0v) is 21.8. The third-order valence-corrected chi connectivity index (χ3v) is 6.96. The number of ketones is 1. The topological polar surface area (TPSA) is 87.2 Å². The number of rotatable bonds is 3. The normalized spacial score (nSPS) is 16.9. The number of Topliss-reactive ketones (excluding diaryl/α,β-unsaturated/α-hetero) is 1. The van der Waals surface area contributed by atoms with Crippen LogP contribution in [0.25, 0.3) is 0 Å². The molecule has 0 aromatic heterocycles. The van der Waals surface area contributed by atoms with Gasteiger partial charge in [0, 0.05) is 43.6 Å². The van der Waals surface area contributed by atoms with Crippen LogP contribution in [0.3, 0.4) is 0 Å². The van der Waals surface area contributed by atoms with Crippen LogP contribution >= 0.6 is 0 Å². The number of anilines is 2. The van der Waals surface area contributed by atoms with Gasteiger partial charge in [-0.15, -0.1) is 0 Å². The van der Waals surface area contributed by atoms with Crippen LogP contribution in [0.2, 0.25) is 0 Å². The summed E-state index contributed by atoms with van der Waals surface area (Å²) in [5, 5.41) is 1.16. The first kappa shape index (κ1) is 26.1. The van der Waals surface area contributed by atoms with Gasteiger partial charge in [0.15, 0.2) is 5.78 Å². The van der Waals surface area contributed by atoms with Gasteiger partial charge < -0.3 is 9.80 Å². The standard InChI is InChI=1S/C14H18N2O3.C13H15NO2/c1-14(2)10-7-6-9(12(17)16(4)19-5)8-11(10)15(3)13(14)18;1-8(15)9-5-6-10-11(7-9)14(4)12(16)13(10,2)3/h6-8H,1-5H3;5-7H,1-4H3. The molecule has 0 saturated carbocycles. The minimum Gasteiger partial charge on any atom is -0.314 e. The van der Waals surface area contributed by atoms with Crippen molar-refractivity contribution >= 4 is 34.9 Å². The first-order valence-electron chi connectivity index (χ1n) is 11.3. The van der Waals surface area contributed by atoms with Crippen molar-refractivity contribution in [3.05, 3.63) is 58.7 Å². The summed E-state index contributed by atoms with van der Waals surface area (Å²) in [5.41, 5.74) is 3.68. The first-order chi connectivity index (χ1) is 16.2. The predicted molar refractivity (Wildman–Crippen MR) is 135 cm³/mol. The van der Waals surface area contributed by atoms with E-state index < -0.39 is 10.8 Å². The highest BCUT2D eigenvalue weighted by Crippen LogP contribution is 2.42. The van der Waals surface area contributed by atoms with E-state index >= 15 is 0 Å². The van der Waals surface area contributed by atoms with E-state index in [0.717, 1.165) is 27.6 Å². The lowest BCUT2D eigenvalue weighted by Gasteiger charge is -2.16. The van der Waals surface area contributed by atoms with E-state index in [1.165, 1.54) is 14.0 Å².